The number of hydrogen-bond donors (Lipinski definition) is 1. The van der Waals surface area contributed by atoms with Gasteiger partial charge in [0.05, 0.1) is 22.1 Å². The highest BCUT2D eigenvalue weighted by atomic mass is 35.5. The van der Waals surface area contributed by atoms with E-state index in [1.54, 1.807) is 0 Å². The van der Waals surface area contributed by atoms with Crippen molar-refractivity contribution >= 4 is 17.3 Å². The summed E-state index contributed by atoms with van der Waals surface area (Å²) in [7, 11) is 0. The van der Waals surface area contributed by atoms with Gasteiger partial charge in [-0.3, -0.25) is 15.4 Å². The molecule has 6 nitrogen and oxygen atoms in total. The number of ether oxygens (including phenoxy) is 1. The lowest BCUT2D eigenvalue weighted by Gasteiger charge is -2.22. The first-order chi connectivity index (χ1) is 9.99. The minimum absolute atomic E-state index is 0.0642. The van der Waals surface area contributed by atoms with Crippen LogP contribution in [0.5, 0.6) is 5.75 Å². The van der Waals surface area contributed by atoms with Crippen LogP contribution >= 0.6 is 11.6 Å². The van der Waals surface area contributed by atoms with Gasteiger partial charge in [-0.15, -0.1) is 0 Å². The third kappa shape index (κ3) is 3.43. The highest BCUT2D eigenvalue weighted by Gasteiger charge is 2.40. The van der Waals surface area contributed by atoms with Gasteiger partial charge in [0, 0.05) is 12.5 Å². The van der Waals surface area contributed by atoms with Crippen molar-refractivity contribution in [2.24, 2.45) is 0 Å². The summed E-state index contributed by atoms with van der Waals surface area (Å²) < 4.78 is 5.77. The molecule has 1 saturated carbocycles. The summed E-state index contributed by atoms with van der Waals surface area (Å²) in [4.78, 5) is 10.3. The predicted octanol–water partition coefficient (Wildman–Crippen LogP) is 3.05. The SMILES string of the molecule is CCNC1(C#N)CCC(Oc2cc([N+](=O)[O-])ccc2Cl)C1. The first-order valence-corrected chi connectivity index (χ1v) is 7.14. The van der Waals surface area contributed by atoms with E-state index < -0.39 is 10.5 Å². The Hall–Kier alpha value is -1.84. The summed E-state index contributed by atoms with van der Waals surface area (Å²) in [5.74, 6) is 0.293. The maximum atomic E-state index is 10.8. The van der Waals surface area contributed by atoms with Gasteiger partial charge in [0.25, 0.3) is 5.69 Å². The van der Waals surface area contributed by atoms with Crippen molar-refractivity contribution in [3.8, 4) is 11.8 Å². The van der Waals surface area contributed by atoms with Crippen LogP contribution in [0.2, 0.25) is 5.02 Å². The molecule has 112 valence electrons. The lowest BCUT2D eigenvalue weighted by Crippen LogP contribution is -2.42. The van der Waals surface area contributed by atoms with Crippen molar-refractivity contribution in [3.05, 3.63) is 33.3 Å². The third-order valence-electron chi connectivity index (χ3n) is 3.62. The van der Waals surface area contributed by atoms with Gasteiger partial charge < -0.3 is 4.74 Å². The molecule has 7 heteroatoms. The molecule has 2 rings (SSSR count). The Kier molecular flexibility index (Phi) is 4.66. The quantitative estimate of drug-likeness (QED) is 0.667. The first kappa shape index (κ1) is 15.5. The molecule has 0 heterocycles. The molecule has 1 aliphatic rings. The standard InChI is InChI=1S/C14H16ClN3O3/c1-2-17-14(9-16)6-5-11(8-14)21-13-7-10(18(19)20)3-4-12(13)15/h3-4,7,11,17H,2,5-6,8H2,1H3. The van der Waals surface area contributed by atoms with Gasteiger partial charge in [-0.2, -0.15) is 5.26 Å². The maximum absolute atomic E-state index is 10.8. The second kappa shape index (κ2) is 6.29. The maximum Gasteiger partial charge on any atom is 0.273 e. The molecule has 1 N–H and O–H groups in total. The molecule has 2 unspecified atom stereocenters. The molecule has 0 aromatic heterocycles. The van der Waals surface area contributed by atoms with Gasteiger partial charge >= 0.3 is 0 Å². The fraction of sp³-hybridized carbons (Fsp3) is 0.500. The van der Waals surface area contributed by atoms with E-state index in [0.29, 0.717) is 36.6 Å². The van der Waals surface area contributed by atoms with Gasteiger partial charge in [0.2, 0.25) is 0 Å². The van der Waals surface area contributed by atoms with Crippen LogP contribution in [0, 0.1) is 21.4 Å². The topological polar surface area (TPSA) is 88.2 Å². The summed E-state index contributed by atoms with van der Waals surface area (Å²) in [6.45, 7) is 2.66. The Morgan fingerprint density at radius 3 is 3.05 bits per heavy atom. The fourth-order valence-corrected chi connectivity index (χ4v) is 2.78. The average molecular weight is 310 g/mol. The van der Waals surface area contributed by atoms with Crippen LogP contribution in [0.15, 0.2) is 18.2 Å². The first-order valence-electron chi connectivity index (χ1n) is 6.76. The van der Waals surface area contributed by atoms with E-state index in [9.17, 15) is 15.4 Å². The smallest absolute Gasteiger partial charge is 0.273 e. The molecular formula is C14H16ClN3O3. The number of halogens is 1. The zero-order valence-electron chi connectivity index (χ0n) is 11.6. The molecule has 1 fully saturated rings. The molecule has 0 spiro atoms. The van der Waals surface area contributed by atoms with Crippen LogP contribution in [-0.4, -0.2) is 23.1 Å². The number of nitro groups is 1. The van der Waals surface area contributed by atoms with Crippen molar-refractivity contribution < 1.29 is 9.66 Å². The average Bonchev–Trinajstić information content (AvgIpc) is 2.85. The molecule has 1 aromatic carbocycles. The summed E-state index contributed by atoms with van der Waals surface area (Å²) in [5.41, 5.74) is -0.641. The fourth-order valence-electron chi connectivity index (χ4n) is 2.62. The zero-order chi connectivity index (χ0) is 15.5. The van der Waals surface area contributed by atoms with Crippen LogP contribution in [0.3, 0.4) is 0 Å². The van der Waals surface area contributed by atoms with Crippen LogP contribution in [-0.2, 0) is 0 Å². The van der Waals surface area contributed by atoms with E-state index in [4.69, 9.17) is 16.3 Å². The third-order valence-corrected chi connectivity index (χ3v) is 3.93. The lowest BCUT2D eigenvalue weighted by molar-refractivity contribution is -0.384. The van der Waals surface area contributed by atoms with Crippen LogP contribution in [0.4, 0.5) is 5.69 Å². The number of nitriles is 1. The molecule has 0 radical (unpaired) electrons. The van der Waals surface area contributed by atoms with E-state index >= 15 is 0 Å². The zero-order valence-corrected chi connectivity index (χ0v) is 12.4. The van der Waals surface area contributed by atoms with E-state index in [0.717, 1.165) is 0 Å². The molecule has 0 aliphatic heterocycles. The highest BCUT2D eigenvalue weighted by molar-refractivity contribution is 6.32. The second-order valence-electron chi connectivity index (χ2n) is 5.08. The van der Waals surface area contributed by atoms with Crippen molar-refractivity contribution in [3.63, 3.8) is 0 Å². The summed E-state index contributed by atoms with van der Waals surface area (Å²) >= 11 is 6.02. The van der Waals surface area contributed by atoms with E-state index in [1.807, 2.05) is 6.92 Å². The number of nitrogens with zero attached hydrogens (tertiary/aromatic N) is 2. The van der Waals surface area contributed by atoms with Crippen molar-refractivity contribution in [2.45, 2.75) is 37.8 Å². The van der Waals surface area contributed by atoms with Gasteiger partial charge in [-0.1, -0.05) is 18.5 Å². The molecule has 1 aromatic rings. The van der Waals surface area contributed by atoms with Crippen molar-refractivity contribution in [1.29, 1.82) is 5.26 Å². The van der Waals surface area contributed by atoms with Crippen molar-refractivity contribution in [1.82, 2.24) is 5.32 Å². The van der Waals surface area contributed by atoms with Crippen LogP contribution in [0.1, 0.15) is 26.2 Å². The number of nitro benzene ring substituents is 1. The summed E-state index contributed by atoms with van der Waals surface area (Å²) in [5, 5.41) is 23.6. The predicted molar refractivity (Wildman–Crippen MR) is 78.4 cm³/mol. The van der Waals surface area contributed by atoms with Crippen LogP contribution in [0.25, 0.3) is 0 Å². The van der Waals surface area contributed by atoms with Crippen LogP contribution < -0.4 is 10.1 Å². The second-order valence-corrected chi connectivity index (χ2v) is 5.49. The molecule has 2 atom stereocenters. The normalized spacial score (nSPS) is 24.5. The molecule has 0 bridgehead atoms. The Bertz CT molecular complexity index is 587. The highest BCUT2D eigenvalue weighted by Crippen LogP contribution is 2.36. The van der Waals surface area contributed by atoms with Crippen molar-refractivity contribution in [2.75, 3.05) is 6.54 Å². The molecule has 0 amide bonds. The van der Waals surface area contributed by atoms with Gasteiger partial charge in [0.15, 0.2) is 0 Å². The Balaban J connectivity index is 2.12. The Labute approximate surface area is 127 Å². The number of benzene rings is 1. The molecule has 0 saturated heterocycles. The summed E-state index contributed by atoms with van der Waals surface area (Å²) in [6.07, 6.45) is 1.76. The number of hydrogen-bond acceptors (Lipinski definition) is 5. The molecular weight excluding hydrogens is 294 g/mol. The number of rotatable bonds is 5. The van der Waals surface area contributed by atoms with Gasteiger partial charge in [-0.25, -0.2) is 0 Å². The molecule has 21 heavy (non-hydrogen) atoms. The Morgan fingerprint density at radius 1 is 1.67 bits per heavy atom. The molecule has 1 aliphatic carbocycles. The summed E-state index contributed by atoms with van der Waals surface area (Å²) in [6, 6.07) is 6.41. The minimum atomic E-state index is -0.577. The number of nitrogens with one attached hydrogen (secondary N) is 1. The minimum Gasteiger partial charge on any atom is -0.488 e. The van der Waals surface area contributed by atoms with E-state index in [-0.39, 0.29) is 11.8 Å². The Morgan fingerprint density at radius 2 is 2.43 bits per heavy atom. The lowest BCUT2D eigenvalue weighted by atomic mass is 10.00. The van der Waals surface area contributed by atoms with E-state index in [2.05, 4.69) is 11.4 Å². The number of non-ortho nitro benzene ring substituents is 1. The monoisotopic (exact) mass is 309 g/mol. The van der Waals surface area contributed by atoms with Gasteiger partial charge in [-0.05, 0) is 25.5 Å². The largest absolute Gasteiger partial charge is 0.488 e. The van der Waals surface area contributed by atoms with Gasteiger partial charge in [0.1, 0.15) is 17.4 Å². The van der Waals surface area contributed by atoms with E-state index in [1.165, 1.54) is 18.2 Å².